The molecule has 0 fully saturated rings. The van der Waals surface area contributed by atoms with Crippen LogP contribution in [-0.4, -0.2) is 30.7 Å². The zero-order chi connectivity index (χ0) is 17.0. The summed E-state index contributed by atoms with van der Waals surface area (Å²) in [7, 11) is 3.87. The predicted octanol–water partition coefficient (Wildman–Crippen LogP) is 3.56. The van der Waals surface area contributed by atoms with Crippen LogP contribution < -0.4 is 15.0 Å². The fraction of sp³-hybridized carbons (Fsp3) is 0.412. The molecule has 1 aromatic heterocycles. The van der Waals surface area contributed by atoms with Gasteiger partial charge < -0.3 is 15.0 Å². The Morgan fingerprint density at radius 3 is 2.70 bits per heavy atom. The zero-order valence-corrected chi connectivity index (χ0v) is 14.2. The quantitative estimate of drug-likeness (QED) is 0.882. The molecule has 1 heterocycles. The maximum atomic E-state index is 14.0. The van der Waals surface area contributed by atoms with E-state index in [2.05, 4.69) is 15.3 Å². The molecule has 1 unspecified atom stereocenters. The van der Waals surface area contributed by atoms with Crippen molar-refractivity contribution in [2.24, 2.45) is 0 Å². The summed E-state index contributed by atoms with van der Waals surface area (Å²) in [5.41, 5.74) is 1.81. The van der Waals surface area contributed by atoms with E-state index in [-0.39, 0.29) is 17.6 Å². The third-order valence-corrected chi connectivity index (χ3v) is 3.47. The lowest BCUT2D eigenvalue weighted by Crippen LogP contribution is -2.16. The zero-order valence-electron chi connectivity index (χ0n) is 14.2. The van der Waals surface area contributed by atoms with Gasteiger partial charge >= 0.3 is 0 Å². The molecular weight excluding hydrogens is 295 g/mol. The van der Waals surface area contributed by atoms with Gasteiger partial charge in [-0.2, -0.15) is 4.98 Å². The SMILES string of the molecule is CCOc1ccc(C(C)Nc2ncc(C)c(N(C)C)n2)cc1F. The van der Waals surface area contributed by atoms with E-state index in [1.165, 1.54) is 6.07 Å². The minimum atomic E-state index is -0.364. The van der Waals surface area contributed by atoms with Gasteiger partial charge in [0.2, 0.25) is 5.95 Å². The molecule has 6 heteroatoms. The Hall–Kier alpha value is -2.37. The molecule has 1 N–H and O–H groups in total. The predicted molar refractivity (Wildman–Crippen MR) is 90.7 cm³/mol. The number of rotatable bonds is 6. The van der Waals surface area contributed by atoms with E-state index in [9.17, 15) is 4.39 Å². The van der Waals surface area contributed by atoms with Gasteiger partial charge in [0.15, 0.2) is 11.6 Å². The van der Waals surface area contributed by atoms with Gasteiger partial charge in [-0.05, 0) is 38.5 Å². The molecule has 0 bridgehead atoms. The van der Waals surface area contributed by atoms with Gasteiger partial charge in [0.05, 0.1) is 12.6 Å². The van der Waals surface area contributed by atoms with Crippen molar-refractivity contribution < 1.29 is 9.13 Å². The highest BCUT2D eigenvalue weighted by molar-refractivity contribution is 5.48. The van der Waals surface area contributed by atoms with Crippen LogP contribution in [-0.2, 0) is 0 Å². The Labute approximate surface area is 136 Å². The fourth-order valence-electron chi connectivity index (χ4n) is 2.29. The summed E-state index contributed by atoms with van der Waals surface area (Å²) >= 11 is 0. The highest BCUT2D eigenvalue weighted by Gasteiger charge is 2.12. The van der Waals surface area contributed by atoms with Crippen LogP contribution in [0.15, 0.2) is 24.4 Å². The second kappa shape index (κ2) is 7.26. The van der Waals surface area contributed by atoms with Crippen LogP contribution in [0.3, 0.4) is 0 Å². The van der Waals surface area contributed by atoms with Crippen molar-refractivity contribution in [3.63, 3.8) is 0 Å². The molecule has 1 aromatic carbocycles. The van der Waals surface area contributed by atoms with Crippen LogP contribution >= 0.6 is 0 Å². The number of aromatic nitrogens is 2. The van der Waals surface area contributed by atoms with E-state index in [0.29, 0.717) is 12.6 Å². The average Bonchev–Trinajstić information content (AvgIpc) is 2.51. The van der Waals surface area contributed by atoms with Crippen LogP contribution in [0.4, 0.5) is 16.2 Å². The number of benzene rings is 1. The van der Waals surface area contributed by atoms with Crippen molar-refractivity contribution in [3.05, 3.63) is 41.3 Å². The van der Waals surface area contributed by atoms with Crippen LogP contribution in [0.1, 0.15) is 31.0 Å². The highest BCUT2D eigenvalue weighted by Crippen LogP contribution is 2.24. The Kier molecular flexibility index (Phi) is 5.36. The molecule has 0 radical (unpaired) electrons. The number of hydrogen-bond donors (Lipinski definition) is 1. The van der Waals surface area contributed by atoms with Gasteiger partial charge in [-0.1, -0.05) is 6.07 Å². The average molecular weight is 318 g/mol. The number of hydrogen-bond acceptors (Lipinski definition) is 5. The van der Waals surface area contributed by atoms with Gasteiger partial charge in [0.1, 0.15) is 5.82 Å². The number of halogens is 1. The molecular formula is C17H23FN4O. The lowest BCUT2D eigenvalue weighted by atomic mass is 10.1. The van der Waals surface area contributed by atoms with Gasteiger partial charge in [-0.15, -0.1) is 0 Å². The maximum absolute atomic E-state index is 14.0. The lowest BCUT2D eigenvalue weighted by molar-refractivity contribution is 0.321. The van der Waals surface area contributed by atoms with Crippen LogP contribution in [0.5, 0.6) is 5.75 Å². The van der Waals surface area contributed by atoms with Gasteiger partial charge in [-0.3, -0.25) is 0 Å². The fourth-order valence-corrected chi connectivity index (χ4v) is 2.29. The summed E-state index contributed by atoms with van der Waals surface area (Å²) in [5, 5.41) is 3.20. The van der Waals surface area contributed by atoms with Crippen LogP contribution in [0.2, 0.25) is 0 Å². The van der Waals surface area contributed by atoms with E-state index >= 15 is 0 Å². The third kappa shape index (κ3) is 4.09. The monoisotopic (exact) mass is 318 g/mol. The van der Waals surface area contributed by atoms with Crippen LogP contribution in [0.25, 0.3) is 0 Å². The number of ether oxygens (including phenoxy) is 1. The Bertz CT molecular complexity index is 676. The largest absolute Gasteiger partial charge is 0.491 e. The van der Waals surface area contributed by atoms with E-state index in [0.717, 1.165) is 16.9 Å². The number of nitrogens with one attached hydrogen (secondary N) is 1. The molecule has 0 aliphatic carbocycles. The first-order valence-corrected chi connectivity index (χ1v) is 7.62. The molecule has 0 aliphatic heterocycles. The molecule has 0 saturated carbocycles. The summed E-state index contributed by atoms with van der Waals surface area (Å²) in [6, 6.07) is 4.84. The third-order valence-electron chi connectivity index (χ3n) is 3.47. The minimum Gasteiger partial charge on any atom is -0.491 e. The summed E-state index contributed by atoms with van der Waals surface area (Å²) in [6.45, 7) is 6.17. The molecule has 0 amide bonds. The van der Waals surface area contributed by atoms with Crippen molar-refractivity contribution in [3.8, 4) is 5.75 Å². The minimum absolute atomic E-state index is 0.127. The smallest absolute Gasteiger partial charge is 0.225 e. The molecule has 23 heavy (non-hydrogen) atoms. The van der Waals surface area contributed by atoms with Gasteiger partial charge in [0, 0.05) is 25.9 Å². The Balaban J connectivity index is 2.17. The first kappa shape index (κ1) is 17.0. The topological polar surface area (TPSA) is 50.3 Å². The summed E-state index contributed by atoms with van der Waals surface area (Å²) in [5.74, 6) is 1.27. The standard InChI is InChI=1S/C17H23FN4O/c1-6-23-15-8-7-13(9-14(15)18)12(3)20-17-19-10-11(2)16(21-17)22(4)5/h7-10,12H,6H2,1-5H3,(H,19,20,21). The molecule has 5 nitrogen and oxygen atoms in total. The number of nitrogens with zero attached hydrogens (tertiary/aromatic N) is 3. The van der Waals surface area contributed by atoms with E-state index < -0.39 is 0 Å². The van der Waals surface area contributed by atoms with Crippen molar-refractivity contribution in [2.45, 2.75) is 26.8 Å². The van der Waals surface area contributed by atoms with E-state index in [1.807, 2.05) is 45.8 Å². The van der Waals surface area contributed by atoms with Gasteiger partial charge in [0.25, 0.3) is 0 Å². The van der Waals surface area contributed by atoms with Crippen LogP contribution in [0, 0.1) is 12.7 Å². The van der Waals surface area contributed by atoms with Crippen molar-refractivity contribution in [2.75, 3.05) is 30.9 Å². The van der Waals surface area contributed by atoms with Crippen molar-refractivity contribution in [1.82, 2.24) is 9.97 Å². The number of aryl methyl sites for hydroxylation is 1. The second-order valence-electron chi connectivity index (χ2n) is 5.58. The summed E-state index contributed by atoms with van der Waals surface area (Å²) in [4.78, 5) is 10.7. The molecule has 0 saturated heterocycles. The Morgan fingerprint density at radius 1 is 1.35 bits per heavy atom. The maximum Gasteiger partial charge on any atom is 0.225 e. The lowest BCUT2D eigenvalue weighted by Gasteiger charge is -2.18. The number of anilines is 2. The van der Waals surface area contributed by atoms with Crippen molar-refractivity contribution >= 4 is 11.8 Å². The summed E-state index contributed by atoms with van der Waals surface area (Å²) < 4.78 is 19.2. The first-order chi connectivity index (χ1) is 10.9. The second-order valence-corrected chi connectivity index (χ2v) is 5.58. The van der Waals surface area contributed by atoms with Crippen molar-refractivity contribution in [1.29, 1.82) is 0 Å². The van der Waals surface area contributed by atoms with E-state index in [4.69, 9.17) is 4.74 Å². The highest BCUT2D eigenvalue weighted by atomic mass is 19.1. The molecule has 0 aliphatic rings. The Morgan fingerprint density at radius 2 is 2.09 bits per heavy atom. The molecule has 2 aromatic rings. The molecule has 0 spiro atoms. The molecule has 1 atom stereocenters. The van der Waals surface area contributed by atoms with Gasteiger partial charge in [-0.25, -0.2) is 9.37 Å². The van der Waals surface area contributed by atoms with E-state index in [1.54, 1.807) is 12.3 Å². The first-order valence-electron chi connectivity index (χ1n) is 7.62. The summed E-state index contributed by atoms with van der Waals surface area (Å²) in [6.07, 6.45) is 1.77. The normalized spacial score (nSPS) is 11.9. The molecule has 2 rings (SSSR count). The molecule has 124 valence electrons.